The van der Waals surface area contributed by atoms with Crippen LogP contribution >= 0.6 is 0 Å². The first-order valence-electron chi connectivity index (χ1n) is 7.63. The maximum absolute atomic E-state index is 12.9. The summed E-state index contributed by atoms with van der Waals surface area (Å²) in [6, 6.07) is 0. The van der Waals surface area contributed by atoms with Crippen LogP contribution in [0.1, 0.15) is 51.4 Å². The van der Waals surface area contributed by atoms with Crippen molar-refractivity contribution in [2.75, 3.05) is 0 Å². The average Bonchev–Trinajstić information content (AvgIpc) is 2.45. The first kappa shape index (κ1) is 15.3. The van der Waals surface area contributed by atoms with Gasteiger partial charge in [-0.15, -0.1) is 6.58 Å². The van der Waals surface area contributed by atoms with Crippen LogP contribution in [0.25, 0.3) is 0 Å². The molecule has 0 aromatic rings. The minimum Gasteiger partial charge on any atom is -0.441 e. The fourth-order valence-corrected chi connectivity index (χ4v) is 3.06. The maximum atomic E-state index is 12.9. The summed E-state index contributed by atoms with van der Waals surface area (Å²) in [5.41, 5.74) is 1.09. The monoisotopic (exact) mass is 282 g/mol. The molecule has 0 N–H and O–H groups in total. The van der Waals surface area contributed by atoms with Crippen molar-refractivity contribution < 1.29 is 13.5 Å². The van der Waals surface area contributed by atoms with Gasteiger partial charge in [0, 0.05) is 0 Å². The lowest BCUT2D eigenvalue weighted by Crippen LogP contribution is -2.25. The SMILES string of the molecule is C=CCC/C=C/C1CCC(C2=COC(F)(F)CC2)CC1. The van der Waals surface area contributed by atoms with Crippen molar-refractivity contribution in [2.24, 2.45) is 11.8 Å². The molecule has 1 heterocycles. The molecule has 1 aliphatic heterocycles. The second-order valence-corrected chi connectivity index (χ2v) is 5.85. The van der Waals surface area contributed by atoms with Crippen LogP contribution in [0.4, 0.5) is 8.78 Å². The fraction of sp³-hybridized carbons (Fsp3) is 0.647. The molecule has 0 bridgehead atoms. The van der Waals surface area contributed by atoms with Gasteiger partial charge in [0.15, 0.2) is 0 Å². The largest absolute Gasteiger partial charge is 0.441 e. The van der Waals surface area contributed by atoms with E-state index < -0.39 is 6.11 Å². The molecule has 0 unspecified atom stereocenters. The van der Waals surface area contributed by atoms with Crippen molar-refractivity contribution in [1.82, 2.24) is 0 Å². The van der Waals surface area contributed by atoms with E-state index in [1.165, 1.54) is 6.26 Å². The van der Waals surface area contributed by atoms with Crippen LogP contribution in [0.3, 0.4) is 0 Å². The zero-order valence-electron chi connectivity index (χ0n) is 12.0. The van der Waals surface area contributed by atoms with Gasteiger partial charge in [-0.1, -0.05) is 18.2 Å². The van der Waals surface area contributed by atoms with Gasteiger partial charge in [-0.25, -0.2) is 0 Å². The number of hydrogen-bond acceptors (Lipinski definition) is 1. The molecule has 1 saturated carbocycles. The Morgan fingerprint density at radius 3 is 2.60 bits per heavy atom. The Bertz CT molecular complexity index is 376. The third-order valence-corrected chi connectivity index (χ3v) is 4.33. The Balaban J connectivity index is 1.76. The molecular weight excluding hydrogens is 258 g/mol. The molecule has 0 saturated heterocycles. The Kier molecular flexibility index (Phi) is 5.38. The van der Waals surface area contributed by atoms with Crippen LogP contribution in [0.15, 0.2) is 36.6 Å². The van der Waals surface area contributed by atoms with Crippen LogP contribution in [0.5, 0.6) is 0 Å². The quantitative estimate of drug-likeness (QED) is 0.471. The minimum atomic E-state index is -2.95. The van der Waals surface area contributed by atoms with Crippen molar-refractivity contribution in [3.63, 3.8) is 0 Å². The first-order chi connectivity index (χ1) is 9.61. The van der Waals surface area contributed by atoms with Crippen LogP contribution in [-0.4, -0.2) is 6.11 Å². The summed E-state index contributed by atoms with van der Waals surface area (Å²) >= 11 is 0. The van der Waals surface area contributed by atoms with E-state index in [0.717, 1.165) is 44.1 Å². The number of alkyl halides is 2. The van der Waals surface area contributed by atoms with Gasteiger partial charge in [0.05, 0.1) is 12.7 Å². The fourth-order valence-electron chi connectivity index (χ4n) is 3.06. The molecule has 0 spiro atoms. The molecule has 0 amide bonds. The van der Waals surface area contributed by atoms with E-state index in [4.69, 9.17) is 0 Å². The van der Waals surface area contributed by atoms with Crippen LogP contribution < -0.4 is 0 Å². The Hall–Kier alpha value is -1.12. The summed E-state index contributed by atoms with van der Waals surface area (Å²) in [5, 5.41) is 0. The van der Waals surface area contributed by atoms with Gasteiger partial charge in [-0.05, 0) is 62.4 Å². The summed E-state index contributed by atoms with van der Waals surface area (Å²) in [5.74, 6) is 1.10. The first-order valence-corrected chi connectivity index (χ1v) is 7.63. The van der Waals surface area contributed by atoms with Crippen molar-refractivity contribution in [2.45, 2.75) is 57.5 Å². The lowest BCUT2D eigenvalue weighted by molar-refractivity contribution is -0.215. The van der Waals surface area contributed by atoms with E-state index in [2.05, 4.69) is 23.5 Å². The highest BCUT2D eigenvalue weighted by Crippen LogP contribution is 2.39. The molecule has 0 aromatic carbocycles. The van der Waals surface area contributed by atoms with Crippen LogP contribution in [-0.2, 0) is 4.74 Å². The van der Waals surface area contributed by atoms with Gasteiger partial charge in [0.25, 0.3) is 0 Å². The molecule has 0 radical (unpaired) electrons. The molecular formula is C17H24F2O. The molecule has 112 valence electrons. The molecule has 3 heteroatoms. The molecule has 1 aliphatic carbocycles. The van der Waals surface area contributed by atoms with Gasteiger partial charge in [-0.2, -0.15) is 8.78 Å². The Morgan fingerprint density at radius 2 is 2.00 bits per heavy atom. The minimum absolute atomic E-state index is 0.166. The molecule has 0 atom stereocenters. The third kappa shape index (κ3) is 4.46. The summed E-state index contributed by atoms with van der Waals surface area (Å²) < 4.78 is 30.4. The molecule has 2 aliphatic rings. The number of hydrogen-bond donors (Lipinski definition) is 0. The maximum Gasteiger partial charge on any atom is 0.397 e. The zero-order valence-corrected chi connectivity index (χ0v) is 12.0. The Labute approximate surface area is 120 Å². The van der Waals surface area contributed by atoms with E-state index in [1.807, 2.05) is 6.08 Å². The highest BCUT2D eigenvalue weighted by atomic mass is 19.3. The summed E-state index contributed by atoms with van der Waals surface area (Å²) in [6.07, 6.45) is 11.8. The van der Waals surface area contributed by atoms with Gasteiger partial charge in [0.1, 0.15) is 0 Å². The van der Waals surface area contributed by atoms with Crippen LogP contribution in [0.2, 0.25) is 0 Å². The molecule has 0 aromatic heterocycles. The smallest absolute Gasteiger partial charge is 0.397 e. The zero-order chi connectivity index (χ0) is 14.4. The second kappa shape index (κ2) is 7.05. The number of allylic oxidation sites excluding steroid dienone is 4. The predicted octanol–water partition coefficient (Wildman–Crippen LogP) is 5.60. The Morgan fingerprint density at radius 1 is 1.25 bits per heavy atom. The van der Waals surface area contributed by atoms with Crippen molar-refractivity contribution >= 4 is 0 Å². The van der Waals surface area contributed by atoms with Crippen LogP contribution in [0, 0.1) is 11.8 Å². The number of ether oxygens (including phenoxy) is 1. The number of rotatable bonds is 5. The van der Waals surface area contributed by atoms with E-state index in [-0.39, 0.29) is 6.42 Å². The lowest BCUT2D eigenvalue weighted by Gasteiger charge is -2.31. The van der Waals surface area contributed by atoms with Gasteiger partial charge in [0.2, 0.25) is 0 Å². The van der Waals surface area contributed by atoms with Gasteiger partial charge in [-0.3, -0.25) is 0 Å². The predicted molar refractivity (Wildman–Crippen MR) is 77.4 cm³/mol. The number of unbranched alkanes of at least 4 members (excludes halogenated alkanes) is 1. The molecule has 20 heavy (non-hydrogen) atoms. The molecule has 1 nitrogen and oxygen atoms in total. The summed E-state index contributed by atoms with van der Waals surface area (Å²) in [7, 11) is 0. The van der Waals surface area contributed by atoms with E-state index in [9.17, 15) is 8.78 Å². The van der Waals surface area contributed by atoms with Crippen molar-refractivity contribution in [1.29, 1.82) is 0 Å². The van der Waals surface area contributed by atoms with E-state index in [1.54, 1.807) is 0 Å². The lowest BCUT2D eigenvalue weighted by atomic mass is 9.77. The number of halogens is 2. The molecule has 2 rings (SSSR count). The summed E-state index contributed by atoms with van der Waals surface area (Å²) in [6.45, 7) is 3.71. The third-order valence-electron chi connectivity index (χ3n) is 4.33. The second-order valence-electron chi connectivity index (χ2n) is 5.85. The topological polar surface area (TPSA) is 9.23 Å². The standard InChI is InChI=1S/C17H24F2O/c1-2-3-4-5-6-14-7-9-15(10-8-14)16-11-12-17(18,19)20-13-16/h2,5-6,13-15H,1,3-4,7-12H2/b6-5+. The highest BCUT2D eigenvalue weighted by molar-refractivity contribution is 5.09. The van der Waals surface area contributed by atoms with Crippen molar-refractivity contribution in [3.8, 4) is 0 Å². The van der Waals surface area contributed by atoms with Gasteiger partial charge >= 0.3 is 6.11 Å². The summed E-state index contributed by atoms with van der Waals surface area (Å²) in [4.78, 5) is 0. The van der Waals surface area contributed by atoms with Crippen molar-refractivity contribution in [3.05, 3.63) is 36.6 Å². The van der Waals surface area contributed by atoms with E-state index in [0.29, 0.717) is 18.3 Å². The van der Waals surface area contributed by atoms with Gasteiger partial charge < -0.3 is 4.74 Å². The molecule has 1 fully saturated rings. The van der Waals surface area contributed by atoms with E-state index >= 15 is 0 Å². The average molecular weight is 282 g/mol. The highest BCUT2D eigenvalue weighted by Gasteiger charge is 2.35. The normalized spacial score (nSPS) is 29.8.